The van der Waals surface area contributed by atoms with Gasteiger partial charge >= 0.3 is 0 Å². The number of hydrogen-bond donors (Lipinski definition) is 3. The van der Waals surface area contributed by atoms with E-state index in [0.717, 1.165) is 22.3 Å². The topological polar surface area (TPSA) is 98.1 Å². The number of aliphatic hydroxyl groups excluding tert-OH is 2. The van der Waals surface area contributed by atoms with Crippen molar-refractivity contribution >= 4 is 23.5 Å². The Kier molecular flexibility index (Phi) is 8.62. The number of para-hydroxylation sites is 1. The van der Waals surface area contributed by atoms with Gasteiger partial charge in [0.15, 0.2) is 0 Å². The SMILES string of the molecule is CCCN1C(=O)[C@@H]2[C@@H](CC(CC)=C([C@H](O)CC/C(=C/c3ccccc3O)c3ccccc3)[C@@H]2CO)C1=O. The Morgan fingerprint density at radius 2 is 1.76 bits per heavy atom. The largest absolute Gasteiger partial charge is 0.507 e. The van der Waals surface area contributed by atoms with Gasteiger partial charge < -0.3 is 15.3 Å². The fourth-order valence-electron chi connectivity index (χ4n) is 6.00. The molecular weight excluding hydrogens is 466 g/mol. The van der Waals surface area contributed by atoms with Gasteiger partial charge in [0.2, 0.25) is 11.8 Å². The lowest BCUT2D eigenvalue weighted by molar-refractivity contribution is -0.140. The molecule has 0 radical (unpaired) electrons. The van der Waals surface area contributed by atoms with Crippen LogP contribution in [0, 0.1) is 17.8 Å². The van der Waals surface area contributed by atoms with Crippen molar-refractivity contribution in [3.05, 3.63) is 76.9 Å². The molecular formula is C31H37NO5. The number of carbonyl (C=O) groups excluding carboxylic acids is 2. The van der Waals surface area contributed by atoms with Crippen LogP contribution in [0.4, 0.5) is 0 Å². The van der Waals surface area contributed by atoms with Crippen molar-refractivity contribution in [3.63, 3.8) is 0 Å². The minimum atomic E-state index is -0.854. The first kappa shape index (κ1) is 26.8. The normalized spacial score (nSPS) is 23.0. The molecule has 2 aliphatic rings. The predicted molar refractivity (Wildman–Crippen MR) is 144 cm³/mol. The molecule has 4 atom stereocenters. The smallest absolute Gasteiger partial charge is 0.233 e. The summed E-state index contributed by atoms with van der Waals surface area (Å²) in [6.45, 7) is 4.04. The van der Waals surface area contributed by atoms with Gasteiger partial charge in [0.05, 0.1) is 24.5 Å². The monoisotopic (exact) mass is 503 g/mol. The van der Waals surface area contributed by atoms with E-state index in [1.54, 1.807) is 12.1 Å². The summed E-state index contributed by atoms with van der Waals surface area (Å²) in [5.41, 5.74) is 4.36. The first-order valence-corrected chi connectivity index (χ1v) is 13.3. The number of carbonyl (C=O) groups is 2. The Hall–Kier alpha value is -3.22. The molecule has 0 unspecified atom stereocenters. The van der Waals surface area contributed by atoms with Gasteiger partial charge in [0.25, 0.3) is 0 Å². The van der Waals surface area contributed by atoms with Gasteiger partial charge in [-0.15, -0.1) is 0 Å². The number of phenols is 1. The van der Waals surface area contributed by atoms with Crippen molar-refractivity contribution in [2.45, 2.75) is 52.1 Å². The second kappa shape index (κ2) is 11.9. The summed E-state index contributed by atoms with van der Waals surface area (Å²) in [4.78, 5) is 27.6. The number of aromatic hydroxyl groups is 1. The Morgan fingerprint density at radius 3 is 2.41 bits per heavy atom. The van der Waals surface area contributed by atoms with Crippen LogP contribution in [0.1, 0.15) is 57.1 Å². The van der Waals surface area contributed by atoms with Crippen LogP contribution < -0.4 is 0 Å². The summed E-state index contributed by atoms with van der Waals surface area (Å²) in [7, 11) is 0. The van der Waals surface area contributed by atoms with Gasteiger partial charge in [-0.25, -0.2) is 0 Å². The Bertz CT molecular complexity index is 1190. The molecule has 1 heterocycles. The number of benzene rings is 2. The van der Waals surface area contributed by atoms with E-state index in [1.807, 2.05) is 62.4 Å². The van der Waals surface area contributed by atoms with Gasteiger partial charge in [0.1, 0.15) is 5.75 Å². The maximum atomic E-state index is 13.2. The molecule has 37 heavy (non-hydrogen) atoms. The average Bonchev–Trinajstić information content (AvgIpc) is 3.15. The van der Waals surface area contributed by atoms with E-state index < -0.39 is 23.9 Å². The zero-order chi connectivity index (χ0) is 26.5. The van der Waals surface area contributed by atoms with Crippen LogP contribution in [-0.2, 0) is 9.59 Å². The molecule has 3 N–H and O–H groups in total. The first-order valence-electron chi connectivity index (χ1n) is 13.3. The molecule has 1 aliphatic carbocycles. The third-order valence-electron chi connectivity index (χ3n) is 7.80. The zero-order valence-electron chi connectivity index (χ0n) is 21.6. The van der Waals surface area contributed by atoms with Crippen molar-refractivity contribution in [1.29, 1.82) is 0 Å². The van der Waals surface area contributed by atoms with Crippen molar-refractivity contribution in [2.24, 2.45) is 17.8 Å². The number of phenolic OH excluding ortho intramolecular Hbond substituents is 1. The number of allylic oxidation sites excluding steroid dienone is 2. The Morgan fingerprint density at radius 1 is 1.05 bits per heavy atom. The molecule has 1 fully saturated rings. The minimum Gasteiger partial charge on any atom is -0.507 e. The highest BCUT2D eigenvalue weighted by Gasteiger charge is 2.54. The molecule has 2 aromatic carbocycles. The summed E-state index contributed by atoms with van der Waals surface area (Å²) < 4.78 is 0. The molecule has 0 bridgehead atoms. The van der Waals surface area contributed by atoms with E-state index >= 15 is 0 Å². The summed E-state index contributed by atoms with van der Waals surface area (Å²) in [6, 6.07) is 17.0. The van der Waals surface area contributed by atoms with E-state index in [0.29, 0.717) is 44.2 Å². The molecule has 2 amide bonds. The van der Waals surface area contributed by atoms with Crippen LogP contribution in [-0.4, -0.2) is 51.3 Å². The van der Waals surface area contributed by atoms with E-state index in [1.165, 1.54) is 4.90 Å². The molecule has 0 aromatic heterocycles. The van der Waals surface area contributed by atoms with Crippen molar-refractivity contribution in [2.75, 3.05) is 13.2 Å². The number of imide groups is 1. The minimum absolute atomic E-state index is 0.147. The lowest BCUT2D eigenvalue weighted by Crippen LogP contribution is -2.39. The molecule has 2 aromatic rings. The first-order chi connectivity index (χ1) is 17.9. The maximum absolute atomic E-state index is 13.2. The molecule has 1 saturated heterocycles. The van der Waals surface area contributed by atoms with Gasteiger partial charge in [-0.2, -0.15) is 0 Å². The number of aliphatic hydroxyl groups is 2. The van der Waals surface area contributed by atoms with Crippen LogP contribution in [0.3, 0.4) is 0 Å². The molecule has 0 spiro atoms. The number of rotatable bonds is 10. The highest BCUT2D eigenvalue weighted by molar-refractivity contribution is 6.05. The molecule has 6 nitrogen and oxygen atoms in total. The summed E-state index contributed by atoms with van der Waals surface area (Å²) in [5.74, 6) is -1.82. The zero-order valence-corrected chi connectivity index (χ0v) is 21.6. The third-order valence-corrected chi connectivity index (χ3v) is 7.80. The second-order valence-corrected chi connectivity index (χ2v) is 10.0. The molecule has 4 rings (SSSR count). The molecule has 0 saturated carbocycles. The summed E-state index contributed by atoms with van der Waals surface area (Å²) in [6.07, 6.45) is 3.80. The predicted octanol–water partition coefficient (Wildman–Crippen LogP) is 4.80. The summed E-state index contributed by atoms with van der Waals surface area (Å²) in [5, 5.41) is 32.2. The summed E-state index contributed by atoms with van der Waals surface area (Å²) >= 11 is 0. The number of nitrogens with zero attached hydrogens (tertiary/aromatic N) is 1. The highest BCUT2D eigenvalue weighted by Crippen LogP contribution is 2.47. The van der Waals surface area contributed by atoms with Crippen LogP contribution >= 0.6 is 0 Å². The lowest BCUT2D eigenvalue weighted by Gasteiger charge is -2.36. The Labute approximate surface area is 218 Å². The van der Waals surface area contributed by atoms with Crippen LogP contribution in [0.2, 0.25) is 0 Å². The average molecular weight is 504 g/mol. The van der Waals surface area contributed by atoms with Crippen molar-refractivity contribution in [1.82, 2.24) is 4.90 Å². The fraction of sp³-hybridized carbons (Fsp3) is 0.419. The number of amides is 2. The Balaban J connectivity index is 1.62. The standard InChI is InChI=1S/C31H37NO5/c1-3-16-32-30(36)24-18-20(4-2)28(25(19-33)29(24)31(32)37)27(35)15-14-22(21-10-6-5-7-11-21)17-23-12-8-9-13-26(23)34/h5-13,17,24-25,27,29,33-35H,3-4,14-16,18-19H2,1-2H3/b22-17-/t24-,25+,27-,29-/m1/s1. The van der Waals surface area contributed by atoms with Crippen LogP contribution in [0.25, 0.3) is 11.6 Å². The number of hydrogen-bond acceptors (Lipinski definition) is 5. The third kappa shape index (κ3) is 5.41. The van der Waals surface area contributed by atoms with Gasteiger partial charge in [-0.05, 0) is 61.0 Å². The highest BCUT2D eigenvalue weighted by atomic mass is 16.3. The molecule has 196 valence electrons. The number of fused-ring (bicyclic) bond motifs is 1. The maximum Gasteiger partial charge on any atom is 0.233 e. The quantitative estimate of drug-likeness (QED) is 0.246. The second-order valence-electron chi connectivity index (χ2n) is 10.0. The van der Waals surface area contributed by atoms with Gasteiger partial charge in [-0.3, -0.25) is 14.5 Å². The van der Waals surface area contributed by atoms with E-state index in [2.05, 4.69) is 0 Å². The number of likely N-dealkylation sites (tertiary alicyclic amines) is 1. The van der Waals surface area contributed by atoms with Crippen LogP contribution in [0.15, 0.2) is 65.7 Å². The van der Waals surface area contributed by atoms with E-state index in [4.69, 9.17) is 0 Å². The lowest BCUT2D eigenvalue weighted by atomic mass is 9.67. The van der Waals surface area contributed by atoms with Gasteiger partial charge in [-0.1, -0.05) is 68.0 Å². The van der Waals surface area contributed by atoms with E-state index in [-0.39, 0.29) is 24.2 Å². The fourth-order valence-corrected chi connectivity index (χ4v) is 6.00. The molecule has 1 aliphatic heterocycles. The van der Waals surface area contributed by atoms with Crippen molar-refractivity contribution in [3.8, 4) is 5.75 Å². The van der Waals surface area contributed by atoms with Crippen molar-refractivity contribution < 1.29 is 24.9 Å². The molecule has 6 heteroatoms. The van der Waals surface area contributed by atoms with Crippen LogP contribution in [0.5, 0.6) is 5.75 Å². The van der Waals surface area contributed by atoms with Gasteiger partial charge in [0, 0.05) is 18.0 Å². The van der Waals surface area contributed by atoms with E-state index in [9.17, 15) is 24.9 Å².